The fourth-order valence-electron chi connectivity index (χ4n) is 4.16. The summed E-state index contributed by atoms with van der Waals surface area (Å²) in [6.07, 6.45) is 4.72. The molecular weight excluding hydrogens is 522 g/mol. The zero-order chi connectivity index (χ0) is 25.1. The van der Waals surface area contributed by atoms with Crippen molar-refractivity contribution in [3.05, 3.63) is 67.7 Å². The molecule has 35 heavy (non-hydrogen) atoms. The Kier molecular flexibility index (Phi) is 7.15. The van der Waals surface area contributed by atoms with Gasteiger partial charge in [0.25, 0.3) is 17.5 Å². The van der Waals surface area contributed by atoms with Gasteiger partial charge in [-0.15, -0.1) is 0 Å². The van der Waals surface area contributed by atoms with Crippen molar-refractivity contribution in [3.63, 3.8) is 0 Å². The highest BCUT2D eigenvalue weighted by Crippen LogP contribution is 2.38. The summed E-state index contributed by atoms with van der Waals surface area (Å²) in [7, 11) is 1.45. The molecule has 182 valence electrons. The van der Waals surface area contributed by atoms with E-state index in [0.717, 1.165) is 36.1 Å². The van der Waals surface area contributed by atoms with Crippen LogP contribution in [0.4, 0.5) is 10.5 Å². The first-order chi connectivity index (χ1) is 16.8. The summed E-state index contributed by atoms with van der Waals surface area (Å²) in [6.45, 7) is 0.132. The third-order valence-electron chi connectivity index (χ3n) is 5.92. The number of nitrogens with one attached hydrogen (secondary N) is 1. The largest absolute Gasteiger partial charge is 0.493 e. The lowest BCUT2D eigenvalue weighted by molar-refractivity contribution is -0.384. The van der Waals surface area contributed by atoms with Gasteiger partial charge in [0.05, 0.1) is 16.5 Å². The molecule has 1 N–H and O–H groups in total. The number of nitro groups is 1. The topological polar surface area (TPSA) is 128 Å². The fourth-order valence-corrected chi connectivity index (χ4v) is 4.74. The lowest BCUT2D eigenvalue weighted by atomic mass is 10.0. The van der Waals surface area contributed by atoms with Gasteiger partial charge in [-0.25, -0.2) is 4.79 Å². The van der Waals surface area contributed by atoms with Crippen molar-refractivity contribution in [2.45, 2.75) is 38.3 Å². The maximum Gasteiger partial charge on any atom is 0.331 e. The van der Waals surface area contributed by atoms with E-state index in [4.69, 9.17) is 9.47 Å². The molecule has 2 aliphatic rings. The first-order valence-corrected chi connectivity index (χ1v) is 11.7. The molecule has 0 bridgehead atoms. The highest BCUT2D eigenvalue weighted by molar-refractivity contribution is 9.10. The number of rotatable bonds is 7. The molecule has 0 aromatic heterocycles. The number of methoxy groups -OCH3 is 1. The fraction of sp³-hybridized carbons (Fsp3) is 0.292. The van der Waals surface area contributed by atoms with Gasteiger partial charge in [0.1, 0.15) is 12.2 Å². The van der Waals surface area contributed by atoms with Crippen LogP contribution < -0.4 is 14.8 Å². The highest BCUT2D eigenvalue weighted by atomic mass is 79.9. The van der Waals surface area contributed by atoms with Crippen LogP contribution in [0.25, 0.3) is 6.08 Å². The number of nitro benzene ring substituents is 1. The number of benzene rings is 2. The summed E-state index contributed by atoms with van der Waals surface area (Å²) in [5.74, 6) is -0.627. The molecule has 0 radical (unpaired) electrons. The van der Waals surface area contributed by atoms with Crippen molar-refractivity contribution < 1.29 is 28.8 Å². The second-order valence-corrected chi connectivity index (χ2v) is 9.03. The van der Waals surface area contributed by atoms with Gasteiger partial charge in [-0.2, -0.15) is 0 Å². The summed E-state index contributed by atoms with van der Waals surface area (Å²) in [6, 6.07) is 8.37. The molecule has 2 aromatic rings. The van der Waals surface area contributed by atoms with E-state index in [0.29, 0.717) is 21.5 Å². The molecule has 1 aliphatic heterocycles. The number of imide groups is 2. The van der Waals surface area contributed by atoms with Crippen LogP contribution in [0.2, 0.25) is 0 Å². The van der Waals surface area contributed by atoms with Crippen LogP contribution in [0.3, 0.4) is 0 Å². The van der Waals surface area contributed by atoms with Crippen LogP contribution in [-0.4, -0.2) is 40.8 Å². The molecule has 2 aromatic carbocycles. The van der Waals surface area contributed by atoms with E-state index in [2.05, 4.69) is 21.2 Å². The molecule has 2 fully saturated rings. The van der Waals surface area contributed by atoms with Gasteiger partial charge >= 0.3 is 6.03 Å². The lowest BCUT2D eigenvalue weighted by Gasteiger charge is -2.31. The molecule has 0 unspecified atom stereocenters. The SMILES string of the molecule is COc1cc(/C=C2\C(=O)NC(=O)N(C3CCCC3)C2=O)cc(Br)c1OCc1ccc([N+](=O)[O-])cc1. The molecular formula is C24H22BrN3O7. The summed E-state index contributed by atoms with van der Waals surface area (Å²) in [5.41, 5.74) is 1.07. The van der Waals surface area contributed by atoms with Crippen LogP contribution in [-0.2, 0) is 16.2 Å². The van der Waals surface area contributed by atoms with Gasteiger partial charge in [0.2, 0.25) is 0 Å². The predicted molar refractivity (Wildman–Crippen MR) is 129 cm³/mol. The minimum atomic E-state index is -0.747. The van der Waals surface area contributed by atoms with Gasteiger partial charge < -0.3 is 9.47 Å². The molecule has 1 heterocycles. The molecule has 1 saturated carbocycles. The smallest absolute Gasteiger partial charge is 0.331 e. The first-order valence-electron chi connectivity index (χ1n) is 10.9. The van der Waals surface area contributed by atoms with Crippen molar-refractivity contribution in [1.82, 2.24) is 10.2 Å². The summed E-state index contributed by atoms with van der Waals surface area (Å²) >= 11 is 3.44. The molecule has 10 nitrogen and oxygen atoms in total. The Morgan fingerprint density at radius 2 is 1.86 bits per heavy atom. The number of carbonyl (C=O) groups is 3. The van der Waals surface area contributed by atoms with E-state index >= 15 is 0 Å². The molecule has 11 heteroatoms. The summed E-state index contributed by atoms with van der Waals surface area (Å²) in [5, 5.41) is 13.1. The van der Waals surface area contributed by atoms with Gasteiger partial charge in [-0.05, 0) is 70.2 Å². The number of amides is 4. The van der Waals surface area contributed by atoms with Crippen LogP contribution in [0, 0.1) is 10.1 Å². The standard InChI is InChI=1S/C24H22BrN3O7/c1-34-20-12-15(10-18-22(29)26-24(31)27(23(18)30)16-4-2-3-5-16)11-19(25)21(20)35-13-14-6-8-17(9-7-14)28(32)33/h6-12,16H,2-5,13H2,1H3,(H,26,29,31)/b18-10+. The number of urea groups is 1. The number of halogens is 1. The number of ether oxygens (including phenoxy) is 2. The monoisotopic (exact) mass is 543 g/mol. The quantitative estimate of drug-likeness (QED) is 0.238. The molecule has 1 saturated heterocycles. The summed E-state index contributed by atoms with van der Waals surface area (Å²) in [4.78, 5) is 49.3. The second-order valence-electron chi connectivity index (χ2n) is 8.18. The Balaban J connectivity index is 1.57. The molecule has 1 aliphatic carbocycles. The zero-order valence-corrected chi connectivity index (χ0v) is 20.4. The van der Waals surface area contributed by atoms with E-state index in [9.17, 15) is 24.5 Å². The Morgan fingerprint density at radius 1 is 1.17 bits per heavy atom. The third kappa shape index (κ3) is 5.19. The minimum absolute atomic E-state index is 0.0144. The maximum atomic E-state index is 13.0. The molecule has 4 amide bonds. The van der Waals surface area contributed by atoms with E-state index in [1.165, 1.54) is 25.3 Å². The Labute approximate surface area is 209 Å². The maximum absolute atomic E-state index is 13.0. The number of hydrogen-bond donors (Lipinski definition) is 1. The van der Waals surface area contributed by atoms with Crippen LogP contribution >= 0.6 is 15.9 Å². The van der Waals surface area contributed by atoms with Gasteiger partial charge in [0, 0.05) is 18.2 Å². The predicted octanol–water partition coefficient (Wildman–Crippen LogP) is 4.35. The van der Waals surface area contributed by atoms with Crippen molar-refractivity contribution in [2.24, 2.45) is 0 Å². The van der Waals surface area contributed by atoms with Crippen molar-refractivity contribution in [2.75, 3.05) is 7.11 Å². The number of non-ortho nitro benzene ring substituents is 1. The van der Waals surface area contributed by atoms with Crippen molar-refractivity contribution >= 4 is 45.5 Å². The second kappa shape index (κ2) is 10.3. The van der Waals surface area contributed by atoms with Gasteiger partial charge in [-0.3, -0.25) is 29.9 Å². The number of barbiturate groups is 1. The lowest BCUT2D eigenvalue weighted by Crippen LogP contribution is -2.57. The van der Waals surface area contributed by atoms with Gasteiger partial charge in [-0.1, -0.05) is 12.8 Å². The average molecular weight is 544 g/mol. The van der Waals surface area contributed by atoms with Crippen LogP contribution in [0.15, 0.2) is 46.4 Å². The van der Waals surface area contributed by atoms with Crippen molar-refractivity contribution in [3.8, 4) is 11.5 Å². The normalized spacial score (nSPS) is 17.6. The van der Waals surface area contributed by atoms with Crippen molar-refractivity contribution in [1.29, 1.82) is 0 Å². The van der Waals surface area contributed by atoms with E-state index in [-0.39, 0.29) is 23.9 Å². The zero-order valence-electron chi connectivity index (χ0n) is 18.8. The average Bonchev–Trinajstić information content (AvgIpc) is 3.35. The van der Waals surface area contributed by atoms with Crippen LogP contribution in [0.1, 0.15) is 36.8 Å². The first kappa shape index (κ1) is 24.4. The third-order valence-corrected chi connectivity index (χ3v) is 6.51. The Morgan fingerprint density at radius 3 is 2.49 bits per heavy atom. The Hall–Kier alpha value is -3.73. The molecule has 0 atom stereocenters. The van der Waals surface area contributed by atoms with E-state index in [1.807, 2.05) is 0 Å². The minimum Gasteiger partial charge on any atom is -0.493 e. The van der Waals surface area contributed by atoms with Gasteiger partial charge in [0.15, 0.2) is 11.5 Å². The van der Waals surface area contributed by atoms with Crippen LogP contribution in [0.5, 0.6) is 11.5 Å². The number of carbonyl (C=O) groups excluding carboxylic acids is 3. The Bertz CT molecular complexity index is 1220. The molecule has 4 rings (SSSR count). The molecule has 0 spiro atoms. The number of nitrogens with zero attached hydrogens (tertiary/aromatic N) is 2. The summed E-state index contributed by atoms with van der Waals surface area (Å²) < 4.78 is 11.8. The van der Waals surface area contributed by atoms with E-state index in [1.54, 1.807) is 24.3 Å². The highest BCUT2D eigenvalue weighted by Gasteiger charge is 2.40. The van der Waals surface area contributed by atoms with E-state index < -0.39 is 22.8 Å². The number of hydrogen-bond acceptors (Lipinski definition) is 7.